The highest BCUT2D eigenvalue weighted by atomic mass is 35.5. The number of benzene rings is 2. The zero-order valence-electron chi connectivity index (χ0n) is 20.2. The number of amides is 2. The molecule has 0 spiro atoms. The molecule has 5 rings (SSSR count). The number of rotatable bonds is 5. The van der Waals surface area contributed by atoms with Crippen LogP contribution in [0.4, 0.5) is 39.5 Å². The van der Waals surface area contributed by atoms with Gasteiger partial charge in [0.15, 0.2) is 5.82 Å². The van der Waals surface area contributed by atoms with E-state index in [9.17, 15) is 18.0 Å². The molecule has 2 aromatic carbocycles. The summed E-state index contributed by atoms with van der Waals surface area (Å²) in [5, 5.41) is 8.73. The van der Waals surface area contributed by atoms with Crippen LogP contribution in [0.3, 0.4) is 0 Å². The summed E-state index contributed by atoms with van der Waals surface area (Å²) in [6.45, 7) is 3.33. The van der Waals surface area contributed by atoms with Gasteiger partial charge in [0, 0.05) is 25.2 Å². The van der Waals surface area contributed by atoms with Gasteiger partial charge in [0.2, 0.25) is 0 Å². The van der Waals surface area contributed by atoms with Crippen LogP contribution in [0.15, 0.2) is 48.8 Å². The first-order valence-electron chi connectivity index (χ1n) is 11.8. The number of urea groups is 1. The summed E-state index contributed by atoms with van der Waals surface area (Å²) in [6, 6.07) is 7.52. The number of nitrogen functional groups attached to an aromatic ring is 1. The maximum Gasteiger partial charge on any atom is 0.416 e. The molecular weight excluding hydrogens is 542 g/mol. The van der Waals surface area contributed by atoms with Crippen LogP contribution in [0.1, 0.15) is 11.3 Å². The lowest BCUT2D eigenvalue weighted by molar-refractivity contribution is -0.137. The first-order chi connectivity index (χ1) is 18.6. The van der Waals surface area contributed by atoms with Crippen LogP contribution in [-0.2, 0) is 17.5 Å². The standard InChI is InChI=1S/C25H22ClF4N7O2/c26-18-3-2-15(25(28,29)30)10-21(18)35-24(38)34-20-4-1-14(9-19(20)27)17-11-16(12-36-5-7-39-8-6-36)37-22(17)23(31)32-13-33-37/h1-4,9-11,13H,5-8,12H2,(H2,31,32,33)(H2,34,35,38). The van der Waals surface area contributed by atoms with Gasteiger partial charge < -0.3 is 21.1 Å². The van der Waals surface area contributed by atoms with Crippen LogP contribution in [-0.4, -0.2) is 51.8 Å². The Morgan fingerprint density at radius 3 is 2.54 bits per heavy atom. The molecule has 0 saturated carbocycles. The van der Waals surface area contributed by atoms with Crippen molar-refractivity contribution in [3.05, 3.63) is 70.9 Å². The summed E-state index contributed by atoms with van der Waals surface area (Å²) in [5.74, 6) is -0.560. The lowest BCUT2D eigenvalue weighted by Crippen LogP contribution is -2.36. The fourth-order valence-electron chi connectivity index (χ4n) is 4.31. The molecule has 0 aliphatic carbocycles. The third-order valence-electron chi connectivity index (χ3n) is 6.22. The molecule has 1 fully saturated rings. The number of alkyl halides is 3. The molecule has 2 amide bonds. The van der Waals surface area contributed by atoms with Crippen LogP contribution < -0.4 is 16.4 Å². The van der Waals surface area contributed by atoms with Crippen molar-refractivity contribution in [1.29, 1.82) is 0 Å². The van der Waals surface area contributed by atoms with Gasteiger partial charge in [-0.05, 0) is 42.0 Å². The highest BCUT2D eigenvalue weighted by molar-refractivity contribution is 6.33. The van der Waals surface area contributed by atoms with E-state index in [0.29, 0.717) is 42.5 Å². The van der Waals surface area contributed by atoms with E-state index < -0.39 is 23.6 Å². The second-order valence-electron chi connectivity index (χ2n) is 8.81. The number of nitrogens with two attached hydrogens (primary N) is 1. The number of nitrogens with zero attached hydrogens (tertiary/aromatic N) is 4. The van der Waals surface area contributed by atoms with Crippen LogP contribution in [0.25, 0.3) is 16.6 Å². The van der Waals surface area contributed by atoms with Crippen molar-refractivity contribution in [3.63, 3.8) is 0 Å². The number of aromatic nitrogens is 3. The van der Waals surface area contributed by atoms with Crippen LogP contribution in [0, 0.1) is 5.82 Å². The van der Waals surface area contributed by atoms with Crippen LogP contribution in [0.2, 0.25) is 5.02 Å². The SMILES string of the molecule is Nc1ncnn2c(CN3CCOCC3)cc(-c3ccc(NC(=O)Nc4cc(C(F)(F)F)ccc4Cl)c(F)c3)c12. The van der Waals surface area contributed by atoms with E-state index in [2.05, 4.69) is 25.6 Å². The molecule has 0 bridgehead atoms. The number of hydrogen-bond donors (Lipinski definition) is 3. The summed E-state index contributed by atoms with van der Waals surface area (Å²) < 4.78 is 61.2. The van der Waals surface area contributed by atoms with Crippen molar-refractivity contribution in [2.75, 3.05) is 42.7 Å². The second-order valence-corrected chi connectivity index (χ2v) is 9.22. The minimum atomic E-state index is -4.63. The van der Waals surface area contributed by atoms with Crippen LogP contribution >= 0.6 is 11.6 Å². The van der Waals surface area contributed by atoms with E-state index in [1.807, 2.05) is 6.07 Å². The largest absolute Gasteiger partial charge is 0.416 e. The quantitative estimate of drug-likeness (QED) is 0.286. The number of carbonyl (C=O) groups excluding carboxylic acids is 1. The molecule has 4 aromatic rings. The first kappa shape index (κ1) is 26.7. The Balaban J connectivity index is 1.38. The number of anilines is 3. The maximum absolute atomic E-state index is 15.1. The Labute approximate surface area is 224 Å². The first-order valence-corrected chi connectivity index (χ1v) is 12.1. The maximum atomic E-state index is 15.1. The molecule has 204 valence electrons. The smallest absolute Gasteiger partial charge is 0.382 e. The molecule has 4 N–H and O–H groups in total. The van der Waals surface area contributed by atoms with Gasteiger partial charge in [0.25, 0.3) is 0 Å². The average molecular weight is 564 g/mol. The summed E-state index contributed by atoms with van der Waals surface area (Å²) in [4.78, 5) is 18.7. The van der Waals surface area contributed by atoms with Gasteiger partial charge in [-0.3, -0.25) is 4.90 Å². The van der Waals surface area contributed by atoms with Crippen molar-refractivity contribution >= 4 is 40.3 Å². The van der Waals surface area contributed by atoms with Gasteiger partial charge in [0.05, 0.1) is 40.9 Å². The van der Waals surface area contributed by atoms with Gasteiger partial charge in [-0.15, -0.1) is 0 Å². The molecule has 14 heteroatoms. The number of fused-ring (bicyclic) bond motifs is 1. The van der Waals surface area contributed by atoms with Gasteiger partial charge in [-0.2, -0.15) is 18.3 Å². The molecule has 1 saturated heterocycles. The van der Waals surface area contributed by atoms with Crippen molar-refractivity contribution in [2.24, 2.45) is 0 Å². The molecule has 1 aliphatic heterocycles. The fraction of sp³-hybridized carbons (Fsp3) is 0.240. The van der Waals surface area contributed by atoms with E-state index in [1.54, 1.807) is 10.6 Å². The Kier molecular flexibility index (Phi) is 7.30. The number of nitrogens with one attached hydrogen (secondary N) is 2. The Morgan fingerprint density at radius 2 is 1.82 bits per heavy atom. The van der Waals surface area contributed by atoms with Gasteiger partial charge in [0.1, 0.15) is 17.7 Å². The van der Waals surface area contributed by atoms with E-state index in [-0.39, 0.29) is 22.2 Å². The molecule has 0 unspecified atom stereocenters. The van der Waals surface area contributed by atoms with Gasteiger partial charge in [-0.1, -0.05) is 17.7 Å². The lowest BCUT2D eigenvalue weighted by atomic mass is 10.1. The normalized spacial score (nSPS) is 14.5. The van der Waals surface area contributed by atoms with E-state index in [4.69, 9.17) is 22.1 Å². The Morgan fingerprint density at radius 1 is 1.08 bits per heavy atom. The highest BCUT2D eigenvalue weighted by Gasteiger charge is 2.31. The number of carbonyl (C=O) groups is 1. The number of morpholine rings is 1. The number of ether oxygens (including phenoxy) is 1. The molecular formula is C25H22ClF4N7O2. The summed E-state index contributed by atoms with van der Waals surface area (Å²) in [7, 11) is 0. The molecule has 2 aromatic heterocycles. The molecule has 0 radical (unpaired) electrons. The zero-order chi connectivity index (χ0) is 27.7. The predicted octanol–water partition coefficient (Wildman–Crippen LogP) is 5.27. The monoisotopic (exact) mass is 563 g/mol. The van der Waals surface area contributed by atoms with Crippen molar-refractivity contribution in [3.8, 4) is 11.1 Å². The molecule has 3 heterocycles. The minimum absolute atomic E-state index is 0.109. The van der Waals surface area contributed by atoms with E-state index in [1.165, 1.54) is 18.5 Å². The second kappa shape index (κ2) is 10.7. The van der Waals surface area contributed by atoms with E-state index in [0.717, 1.165) is 30.9 Å². The molecule has 9 nitrogen and oxygen atoms in total. The van der Waals surface area contributed by atoms with Crippen LogP contribution in [0.5, 0.6) is 0 Å². The molecule has 1 aliphatic rings. The fourth-order valence-corrected chi connectivity index (χ4v) is 4.48. The summed E-state index contributed by atoms with van der Waals surface area (Å²) in [6.07, 6.45) is -3.28. The van der Waals surface area contributed by atoms with Gasteiger partial charge in [-0.25, -0.2) is 18.7 Å². The molecule has 0 atom stereocenters. The Hall–Kier alpha value is -3.94. The minimum Gasteiger partial charge on any atom is -0.382 e. The van der Waals surface area contributed by atoms with Crippen molar-refractivity contribution in [1.82, 2.24) is 19.5 Å². The Bertz CT molecular complexity index is 1540. The summed E-state index contributed by atoms with van der Waals surface area (Å²) >= 11 is 5.92. The highest BCUT2D eigenvalue weighted by Crippen LogP contribution is 2.35. The van der Waals surface area contributed by atoms with Crippen molar-refractivity contribution in [2.45, 2.75) is 12.7 Å². The number of halogens is 5. The number of hydrogen-bond acceptors (Lipinski definition) is 6. The van der Waals surface area contributed by atoms with E-state index >= 15 is 4.39 Å². The molecule has 39 heavy (non-hydrogen) atoms. The topological polar surface area (TPSA) is 110 Å². The summed E-state index contributed by atoms with van der Waals surface area (Å²) in [5.41, 5.74) is 7.10. The van der Waals surface area contributed by atoms with Gasteiger partial charge >= 0.3 is 12.2 Å². The predicted molar refractivity (Wildman–Crippen MR) is 138 cm³/mol. The third-order valence-corrected chi connectivity index (χ3v) is 6.55. The zero-order valence-corrected chi connectivity index (χ0v) is 21.0. The average Bonchev–Trinajstić information content (AvgIpc) is 3.26. The lowest BCUT2D eigenvalue weighted by Gasteiger charge is -2.26. The third kappa shape index (κ3) is 5.75. The van der Waals surface area contributed by atoms with Crippen molar-refractivity contribution < 1.29 is 27.1 Å².